The molecular weight excluding hydrogens is 342 g/mol. The standard InChI is InChI=1S/C18H23NO5S/c1-13(2)19(12-15-6-5-14(3)24-15)25(20,21)16-7-8-17-18(11-16)23-10-4-9-22-17/h5-8,11,13H,4,9-10,12H2,1-3H3. The Morgan fingerprint density at radius 3 is 2.44 bits per heavy atom. The van der Waals surface area contributed by atoms with Crippen LogP contribution in [-0.4, -0.2) is 32.0 Å². The quantitative estimate of drug-likeness (QED) is 0.813. The van der Waals surface area contributed by atoms with Gasteiger partial charge in [-0.25, -0.2) is 8.42 Å². The van der Waals surface area contributed by atoms with Gasteiger partial charge in [-0.2, -0.15) is 4.31 Å². The zero-order chi connectivity index (χ0) is 18.0. The molecule has 2 heterocycles. The molecule has 0 aliphatic carbocycles. The lowest BCUT2D eigenvalue weighted by Crippen LogP contribution is -2.36. The van der Waals surface area contributed by atoms with E-state index in [0.29, 0.717) is 30.5 Å². The summed E-state index contributed by atoms with van der Waals surface area (Å²) >= 11 is 0. The predicted octanol–water partition coefficient (Wildman–Crippen LogP) is 3.35. The van der Waals surface area contributed by atoms with Gasteiger partial charge >= 0.3 is 0 Å². The summed E-state index contributed by atoms with van der Waals surface area (Å²) in [6, 6.07) is 8.17. The van der Waals surface area contributed by atoms with Gasteiger partial charge in [0.2, 0.25) is 10.0 Å². The molecule has 136 valence electrons. The van der Waals surface area contributed by atoms with Gasteiger partial charge in [-0.3, -0.25) is 0 Å². The van der Waals surface area contributed by atoms with Crippen molar-refractivity contribution in [1.29, 1.82) is 0 Å². The molecule has 7 heteroatoms. The zero-order valence-corrected chi connectivity index (χ0v) is 15.5. The smallest absolute Gasteiger partial charge is 0.243 e. The maximum atomic E-state index is 13.1. The highest BCUT2D eigenvalue weighted by molar-refractivity contribution is 7.89. The molecule has 0 amide bonds. The average molecular weight is 365 g/mol. The number of benzene rings is 1. The lowest BCUT2D eigenvalue weighted by molar-refractivity contribution is 0.296. The van der Waals surface area contributed by atoms with E-state index in [9.17, 15) is 8.42 Å². The predicted molar refractivity (Wildman–Crippen MR) is 93.4 cm³/mol. The van der Waals surface area contributed by atoms with Crippen LogP contribution in [0.25, 0.3) is 0 Å². The van der Waals surface area contributed by atoms with Gasteiger partial charge in [0.25, 0.3) is 0 Å². The Hall–Kier alpha value is -1.99. The van der Waals surface area contributed by atoms with Gasteiger partial charge in [0.05, 0.1) is 24.7 Å². The van der Waals surface area contributed by atoms with Crippen molar-refractivity contribution in [2.45, 2.75) is 44.7 Å². The zero-order valence-electron chi connectivity index (χ0n) is 14.7. The Morgan fingerprint density at radius 2 is 1.80 bits per heavy atom. The van der Waals surface area contributed by atoms with Crippen LogP contribution in [-0.2, 0) is 16.6 Å². The first-order valence-electron chi connectivity index (χ1n) is 8.35. The maximum Gasteiger partial charge on any atom is 0.243 e. The Morgan fingerprint density at radius 1 is 1.08 bits per heavy atom. The van der Waals surface area contributed by atoms with Gasteiger partial charge < -0.3 is 13.9 Å². The maximum absolute atomic E-state index is 13.1. The molecule has 1 aliphatic rings. The van der Waals surface area contributed by atoms with Crippen LogP contribution >= 0.6 is 0 Å². The van der Waals surface area contributed by atoms with Crippen LogP contribution in [0.2, 0.25) is 0 Å². The summed E-state index contributed by atoms with van der Waals surface area (Å²) in [5, 5.41) is 0. The number of fused-ring (bicyclic) bond motifs is 1. The van der Waals surface area contributed by atoms with Gasteiger partial charge in [0.15, 0.2) is 11.5 Å². The molecule has 1 aromatic carbocycles. The molecular formula is C18H23NO5S. The van der Waals surface area contributed by atoms with Crippen molar-refractivity contribution in [3.8, 4) is 11.5 Å². The number of ether oxygens (including phenoxy) is 2. The van der Waals surface area contributed by atoms with Crippen molar-refractivity contribution in [3.05, 3.63) is 41.9 Å². The summed E-state index contributed by atoms with van der Waals surface area (Å²) < 4.78 is 44.5. The lowest BCUT2D eigenvalue weighted by Gasteiger charge is -2.25. The fourth-order valence-corrected chi connectivity index (χ4v) is 4.33. The number of furan rings is 1. The number of sulfonamides is 1. The molecule has 6 nitrogen and oxygen atoms in total. The summed E-state index contributed by atoms with van der Waals surface area (Å²) in [4.78, 5) is 0.189. The minimum absolute atomic E-state index is 0.183. The number of aryl methyl sites for hydroxylation is 1. The van der Waals surface area contributed by atoms with Crippen molar-refractivity contribution < 1.29 is 22.3 Å². The summed E-state index contributed by atoms with van der Waals surface area (Å²) in [6.45, 7) is 6.78. The summed E-state index contributed by atoms with van der Waals surface area (Å²) in [7, 11) is -3.70. The van der Waals surface area contributed by atoms with Crippen LogP contribution in [0.1, 0.15) is 31.8 Å². The lowest BCUT2D eigenvalue weighted by atomic mass is 10.3. The molecule has 0 atom stereocenters. The molecule has 2 aromatic rings. The fourth-order valence-electron chi connectivity index (χ4n) is 2.71. The summed E-state index contributed by atoms with van der Waals surface area (Å²) in [6.07, 6.45) is 0.771. The van der Waals surface area contributed by atoms with Crippen molar-refractivity contribution in [2.24, 2.45) is 0 Å². The van der Waals surface area contributed by atoms with Crippen LogP contribution in [0.3, 0.4) is 0 Å². The molecule has 0 saturated heterocycles. The van der Waals surface area contributed by atoms with E-state index in [1.165, 1.54) is 4.31 Å². The second-order valence-electron chi connectivity index (χ2n) is 6.32. The normalized spacial score (nSPS) is 14.8. The van der Waals surface area contributed by atoms with Crippen LogP contribution < -0.4 is 9.47 Å². The van der Waals surface area contributed by atoms with Gasteiger partial charge in [0, 0.05) is 18.5 Å². The van der Waals surface area contributed by atoms with E-state index in [0.717, 1.165) is 12.2 Å². The first-order chi connectivity index (χ1) is 11.9. The van der Waals surface area contributed by atoms with E-state index in [1.54, 1.807) is 24.3 Å². The van der Waals surface area contributed by atoms with Gasteiger partial charge in [-0.1, -0.05) is 0 Å². The fraction of sp³-hybridized carbons (Fsp3) is 0.444. The van der Waals surface area contributed by atoms with Crippen molar-refractivity contribution in [2.75, 3.05) is 13.2 Å². The monoisotopic (exact) mass is 365 g/mol. The van der Waals surface area contributed by atoms with Crippen molar-refractivity contribution >= 4 is 10.0 Å². The van der Waals surface area contributed by atoms with E-state index >= 15 is 0 Å². The highest BCUT2D eigenvalue weighted by Gasteiger charge is 2.29. The SMILES string of the molecule is Cc1ccc(CN(C(C)C)S(=O)(=O)c2ccc3c(c2)OCCCO3)o1. The molecule has 0 unspecified atom stereocenters. The first kappa shape index (κ1) is 17.8. The van der Waals surface area contributed by atoms with Crippen LogP contribution in [0.15, 0.2) is 39.6 Å². The van der Waals surface area contributed by atoms with Gasteiger partial charge in [0.1, 0.15) is 11.5 Å². The third kappa shape index (κ3) is 3.82. The van der Waals surface area contributed by atoms with Crippen molar-refractivity contribution in [1.82, 2.24) is 4.31 Å². The minimum atomic E-state index is -3.70. The van der Waals surface area contributed by atoms with E-state index < -0.39 is 10.0 Å². The molecule has 0 radical (unpaired) electrons. The molecule has 0 fully saturated rings. The van der Waals surface area contributed by atoms with E-state index in [-0.39, 0.29) is 17.5 Å². The number of rotatable bonds is 5. The number of hydrogen-bond donors (Lipinski definition) is 0. The third-order valence-corrected chi connectivity index (χ3v) is 6.03. The van der Waals surface area contributed by atoms with E-state index in [4.69, 9.17) is 13.9 Å². The average Bonchev–Trinajstić information content (AvgIpc) is 2.83. The second-order valence-corrected chi connectivity index (χ2v) is 8.21. The number of nitrogens with zero attached hydrogens (tertiary/aromatic N) is 1. The van der Waals surface area contributed by atoms with Crippen LogP contribution in [0.5, 0.6) is 11.5 Å². The van der Waals surface area contributed by atoms with Crippen molar-refractivity contribution in [3.63, 3.8) is 0 Å². The first-order valence-corrected chi connectivity index (χ1v) is 9.79. The molecule has 25 heavy (non-hydrogen) atoms. The highest BCUT2D eigenvalue weighted by Crippen LogP contribution is 2.33. The van der Waals surface area contributed by atoms with Gasteiger partial charge in [-0.15, -0.1) is 0 Å². The minimum Gasteiger partial charge on any atom is -0.490 e. The Bertz CT molecular complexity index is 841. The molecule has 0 N–H and O–H groups in total. The Kier molecular flexibility index (Phi) is 5.06. The Balaban J connectivity index is 1.93. The van der Waals surface area contributed by atoms with E-state index in [1.807, 2.05) is 26.8 Å². The van der Waals surface area contributed by atoms with Gasteiger partial charge in [-0.05, 0) is 45.0 Å². The second kappa shape index (κ2) is 7.09. The molecule has 1 aliphatic heterocycles. The number of hydrogen-bond acceptors (Lipinski definition) is 5. The molecule has 3 rings (SSSR count). The Labute approximate surface area is 148 Å². The third-order valence-electron chi connectivity index (χ3n) is 4.01. The molecule has 0 saturated carbocycles. The molecule has 1 aromatic heterocycles. The van der Waals surface area contributed by atoms with Crippen LogP contribution in [0.4, 0.5) is 0 Å². The topological polar surface area (TPSA) is 69.0 Å². The van der Waals surface area contributed by atoms with Crippen LogP contribution in [0, 0.1) is 6.92 Å². The summed E-state index contributed by atoms with van der Waals surface area (Å²) in [5.41, 5.74) is 0. The largest absolute Gasteiger partial charge is 0.490 e. The van der Waals surface area contributed by atoms with E-state index in [2.05, 4.69) is 0 Å². The molecule has 0 spiro atoms. The summed E-state index contributed by atoms with van der Waals surface area (Å²) in [5.74, 6) is 2.42. The highest BCUT2D eigenvalue weighted by atomic mass is 32.2. The molecule has 0 bridgehead atoms.